The molecule has 0 saturated heterocycles. The van der Waals surface area contributed by atoms with E-state index < -0.39 is 46.0 Å². The number of methoxy groups -OCH3 is 1. The Balaban J connectivity index is 1.57. The number of benzene rings is 2. The van der Waals surface area contributed by atoms with Crippen LogP contribution in [0, 0.1) is 11.6 Å². The summed E-state index contributed by atoms with van der Waals surface area (Å²) >= 11 is 5.65. The summed E-state index contributed by atoms with van der Waals surface area (Å²) in [5.41, 5.74) is -0.392. The number of hydrogen-bond donors (Lipinski definition) is 1. The van der Waals surface area contributed by atoms with Crippen molar-refractivity contribution in [2.24, 2.45) is 0 Å². The van der Waals surface area contributed by atoms with Crippen molar-refractivity contribution in [1.29, 1.82) is 0 Å². The maximum absolute atomic E-state index is 14.4. The number of nitrogens with one attached hydrogen (secondary N) is 1. The number of rotatable bonds is 7. The first-order valence-corrected chi connectivity index (χ1v) is 13.0. The first-order valence-electron chi connectivity index (χ1n) is 12.6. The number of carbonyl (C=O) groups excluding carboxylic acids is 2. The Labute approximate surface area is 233 Å². The molecular formula is C29H26ClF2N3O5. The van der Waals surface area contributed by atoms with Crippen molar-refractivity contribution in [3.8, 4) is 5.75 Å². The lowest BCUT2D eigenvalue weighted by molar-refractivity contribution is 0.0431. The highest BCUT2D eigenvalue weighted by Gasteiger charge is 2.41. The summed E-state index contributed by atoms with van der Waals surface area (Å²) in [5.74, 6) is -3.45. The van der Waals surface area contributed by atoms with Crippen molar-refractivity contribution in [2.45, 2.75) is 38.3 Å². The van der Waals surface area contributed by atoms with Crippen LogP contribution in [0.15, 0.2) is 65.6 Å². The third-order valence-corrected chi connectivity index (χ3v) is 7.49. The van der Waals surface area contributed by atoms with Gasteiger partial charge in [0.2, 0.25) is 5.43 Å². The van der Waals surface area contributed by atoms with Gasteiger partial charge in [0.05, 0.1) is 12.1 Å². The van der Waals surface area contributed by atoms with E-state index in [4.69, 9.17) is 21.1 Å². The molecule has 8 nitrogen and oxygen atoms in total. The minimum atomic E-state index is -1.01. The fourth-order valence-corrected chi connectivity index (χ4v) is 5.12. The van der Waals surface area contributed by atoms with Crippen LogP contribution in [0.1, 0.15) is 44.9 Å². The summed E-state index contributed by atoms with van der Waals surface area (Å²) in [5, 5.41) is 1.80. The molecule has 40 heavy (non-hydrogen) atoms. The van der Waals surface area contributed by atoms with E-state index in [0.717, 1.165) is 17.7 Å². The lowest BCUT2D eigenvalue weighted by Crippen LogP contribution is -2.49. The quantitative estimate of drug-likeness (QED) is 0.339. The molecule has 1 N–H and O–H groups in total. The SMILES string of the molecule is CO[C@@H]1C=C[C@H](C)N2C[C@H]1n1cc(C(=O)NCc3ccc(F)c(Cl)c3F)c(=O)c(OCc3ccccc3)c1C2=O. The zero-order valence-electron chi connectivity index (χ0n) is 21.7. The lowest BCUT2D eigenvalue weighted by atomic mass is 10.0. The Kier molecular flexibility index (Phi) is 7.73. The van der Waals surface area contributed by atoms with Crippen molar-refractivity contribution in [2.75, 3.05) is 13.7 Å². The Morgan fingerprint density at radius 1 is 1.12 bits per heavy atom. The second kappa shape index (κ2) is 11.2. The van der Waals surface area contributed by atoms with Crippen LogP contribution in [0.4, 0.5) is 8.78 Å². The standard InChI is InChI=1S/C29H26ClF2N3O5/c1-16-8-11-22(39-2)21-14-34(16)29(38)25-27(40-15-17-6-4-3-5-7-17)26(36)19(13-35(21)25)28(37)33-12-18-9-10-20(31)23(30)24(18)32/h3-11,13,16,21-22H,12,14-15H2,1-2H3,(H,33,37)/t16-,21+,22+/m0/s1. The minimum absolute atomic E-state index is 0.0164. The predicted octanol–water partition coefficient (Wildman–Crippen LogP) is 4.26. The van der Waals surface area contributed by atoms with E-state index in [2.05, 4.69) is 5.32 Å². The molecular weight excluding hydrogens is 544 g/mol. The molecule has 0 aliphatic carbocycles. The number of carbonyl (C=O) groups is 2. The molecule has 3 aromatic rings. The summed E-state index contributed by atoms with van der Waals surface area (Å²) in [7, 11) is 1.54. The number of pyridine rings is 1. The summed E-state index contributed by atoms with van der Waals surface area (Å²) in [6.45, 7) is 1.76. The van der Waals surface area contributed by atoms with Gasteiger partial charge in [-0.1, -0.05) is 60.2 Å². The van der Waals surface area contributed by atoms with Gasteiger partial charge in [-0.3, -0.25) is 14.4 Å². The molecule has 11 heteroatoms. The average molecular weight is 570 g/mol. The summed E-state index contributed by atoms with van der Waals surface area (Å²) < 4.78 is 41.2. The Bertz CT molecular complexity index is 1560. The topological polar surface area (TPSA) is 89.9 Å². The van der Waals surface area contributed by atoms with Gasteiger partial charge < -0.3 is 24.3 Å². The number of aromatic nitrogens is 1. The van der Waals surface area contributed by atoms with Gasteiger partial charge in [-0.25, -0.2) is 8.78 Å². The fraction of sp³-hybridized carbons (Fsp3) is 0.276. The van der Waals surface area contributed by atoms with E-state index in [0.29, 0.717) is 0 Å². The van der Waals surface area contributed by atoms with Gasteiger partial charge in [-0.2, -0.15) is 0 Å². The smallest absolute Gasteiger partial charge is 0.275 e. The zero-order chi connectivity index (χ0) is 28.6. The molecule has 0 saturated carbocycles. The van der Waals surface area contributed by atoms with Gasteiger partial charge in [-0.15, -0.1) is 0 Å². The molecule has 1 aromatic heterocycles. The van der Waals surface area contributed by atoms with E-state index in [9.17, 15) is 23.2 Å². The van der Waals surface area contributed by atoms with Crippen LogP contribution in [0.5, 0.6) is 5.75 Å². The van der Waals surface area contributed by atoms with Crippen molar-refractivity contribution in [1.82, 2.24) is 14.8 Å². The van der Waals surface area contributed by atoms with Crippen LogP contribution in [0.3, 0.4) is 0 Å². The highest BCUT2D eigenvalue weighted by atomic mass is 35.5. The van der Waals surface area contributed by atoms with Crippen LogP contribution in [0.25, 0.3) is 0 Å². The van der Waals surface area contributed by atoms with Crippen LogP contribution < -0.4 is 15.5 Å². The number of fused-ring (bicyclic) bond motifs is 4. The fourth-order valence-electron chi connectivity index (χ4n) is 4.94. The van der Waals surface area contributed by atoms with E-state index >= 15 is 0 Å². The van der Waals surface area contributed by atoms with E-state index in [1.165, 1.54) is 13.3 Å². The van der Waals surface area contributed by atoms with E-state index in [1.807, 2.05) is 37.3 Å². The molecule has 2 amide bonds. The Hall–Kier alpha value is -4.02. The monoisotopic (exact) mass is 569 g/mol. The molecule has 3 atom stereocenters. The molecule has 3 heterocycles. The number of halogens is 3. The second-order valence-corrected chi connectivity index (χ2v) is 9.98. The molecule has 208 valence electrons. The summed E-state index contributed by atoms with van der Waals surface area (Å²) in [4.78, 5) is 42.3. The van der Waals surface area contributed by atoms with Crippen LogP contribution in [-0.4, -0.2) is 47.1 Å². The first-order chi connectivity index (χ1) is 19.2. The number of nitrogens with zero attached hydrogens (tertiary/aromatic N) is 2. The molecule has 2 aliphatic heterocycles. The molecule has 5 rings (SSSR count). The highest BCUT2D eigenvalue weighted by Crippen LogP contribution is 2.34. The van der Waals surface area contributed by atoms with Crippen molar-refractivity contribution in [3.63, 3.8) is 0 Å². The molecule has 2 bridgehead atoms. The van der Waals surface area contributed by atoms with Crippen LogP contribution in [0.2, 0.25) is 5.02 Å². The maximum atomic E-state index is 14.4. The third kappa shape index (κ3) is 5.00. The third-order valence-electron chi connectivity index (χ3n) is 7.14. The Morgan fingerprint density at radius 2 is 1.88 bits per heavy atom. The van der Waals surface area contributed by atoms with Gasteiger partial charge in [0.15, 0.2) is 11.4 Å². The van der Waals surface area contributed by atoms with Crippen molar-refractivity contribution >= 4 is 23.4 Å². The molecule has 2 aromatic carbocycles. The first kappa shape index (κ1) is 27.5. The second-order valence-electron chi connectivity index (χ2n) is 9.60. The van der Waals surface area contributed by atoms with Crippen LogP contribution in [-0.2, 0) is 17.9 Å². The highest BCUT2D eigenvalue weighted by molar-refractivity contribution is 6.30. The summed E-state index contributed by atoms with van der Waals surface area (Å²) in [6, 6.07) is 10.5. The number of hydrogen-bond acceptors (Lipinski definition) is 5. The molecule has 0 unspecified atom stereocenters. The largest absolute Gasteiger partial charge is 0.483 e. The Morgan fingerprint density at radius 3 is 2.60 bits per heavy atom. The van der Waals surface area contributed by atoms with Gasteiger partial charge in [0, 0.05) is 38.0 Å². The summed E-state index contributed by atoms with van der Waals surface area (Å²) in [6.07, 6.45) is 4.56. The normalized spacial score (nSPS) is 19.7. The van der Waals surface area contributed by atoms with Crippen molar-refractivity contribution in [3.05, 3.63) is 110 Å². The van der Waals surface area contributed by atoms with Gasteiger partial charge in [0.1, 0.15) is 28.8 Å². The van der Waals surface area contributed by atoms with Gasteiger partial charge in [0.25, 0.3) is 11.8 Å². The van der Waals surface area contributed by atoms with Gasteiger partial charge >= 0.3 is 0 Å². The number of ether oxygens (including phenoxy) is 2. The van der Waals surface area contributed by atoms with E-state index in [-0.39, 0.29) is 48.3 Å². The minimum Gasteiger partial charge on any atom is -0.483 e. The van der Waals surface area contributed by atoms with Crippen molar-refractivity contribution < 1.29 is 27.8 Å². The van der Waals surface area contributed by atoms with Gasteiger partial charge in [-0.05, 0) is 18.6 Å². The molecule has 2 aliphatic rings. The van der Waals surface area contributed by atoms with Crippen LogP contribution >= 0.6 is 11.6 Å². The molecule has 0 spiro atoms. The predicted molar refractivity (Wildman–Crippen MR) is 143 cm³/mol. The molecule has 0 fully saturated rings. The molecule has 0 radical (unpaired) electrons. The van der Waals surface area contributed by atoms with E-state index in [1.54, 1.807) is 21.6 Å². The average Bonchev–Trinajstić information content (AvgIpc) is 3.10. The number of amides is 2. The lowest BCUT2D eigenvalue weighted by Gasteiger charge is -2.39. The maximum Gasteiger partial charge on any atom is 0.275 e. The zero-order valence-corrected chi connectivity index (χ0v) is 22.5.